The van der Waals surface area contributed by atoms with E-state index < -0.39 is 33.1 Å². The zero-order valence-electron chi connectivity index (χ0n) is 26.4. The number of piperazine rings is 1. The molecular weight excluding hydrogens is 616 g/mol. The number of halogens is 2. The highest BCUT2D eigenvalue weighted by atomic mass is 32.2. The fraction of sp³-hybridized carbons (Fsp3) is 0.344. The zero-order valence-corrected chi connectivity index (χ0v) is 27.2. The number of hydrogen-bond acceptors (Lipinski definition) is 7. The lowest BCUT2D eigenvalue weighted by molar-refractivity contribution is 0.0240. The average molecular weight is 654 g/mol. The van der Waals surface area contributed by atoms with E-state index in [4.69, 9.17) is 9.84 Å². The summed E-state index contributed by atoms with van der Waals surface area (Å²) in [6, 6.07) is 12.8. The predicted molar refractivity (Wildman–Crippen MR) is 173 cm³/mol. The second-order valence-corrected chi connectivity index (χ2v) is 13.7. The summed E-state index contributed by atoms with van der Waals surface area (Å²) in [5.41, 5.74) is 1.62. The lowest BCUT2D eigenvalue weighted by atomic mass is 10.0. The Morgan fingerprint density at radius 3 is 2.22 bits per heavy atom. The Morgan fingerprint density at radius 2 is 1.61 bits per heavy atom. The van der Waals surface area contributed by atoms with Crippen LogP contribution in [0, 0.1) is 11.6 Å². The van der Waals surface area contributed by atoms with Crippen LogP contribution in [0.5, 0.6) is 0 Å². The number of hydrogen-bond donors (Lipinski definition) is 1. The normalized spacial score (nSPS) is 14.1. The molecule has 1 amide bonds. The molecule has 244 valence electrons. The highest BCUT2D eigenvalue weighted by molar-refractivity contribution is 7.90. The minimum absolute atomic E-state index is 0.138. The average Bonchev–Trinajstić information content (AvgIpc) is 3.47. The van der Waals surface area contributed by atoms with Gasteiger partial charge in [0.05, 0.1) is 11.4 Å². The van der Waals surface area contributed by atoms with E-state index in [1.54, 1.807) is 47.2 Å². The first-order valence-corrected chi connectivity index (χ1v) is 16.3. The van der Waals surface area contributed by atoms with Crippen LogP contribution in [0.1, 0.15) is 27.7 Å². The molecule has 0 spiro atoms. The lowest BCUT2D eigenvalue weighted by Gasteiger charge is -2.36. The third-order valence-electron chi connectivity index (χ3n) is 7.50. The van der Waals surface area contributed by atoms with Crippen molar-refractivity contribution in [2.24, 2.45) is 0 Å². The number of pyridine rings is 1. The molecule has 0 bridgehead atoms. The van der Waals surface area contributed by atoms with Gasteiger partial charge in [0, 0.05) is 86.8 Å². The van der Waals surface area contributed by atoms with Crippen molar-refractivity contribution < 1.29 is 26.7 Å². The maximum absolute atomic E-state index is 16.0. The standard InChI is InChI=1S/C32H37F2N7O4S/c1-6-38(5)46(43,44)37-28-20-23(33)19-26(29(28)34)27-21-41(36-30(27)22-11-13-35-14-12-22)25-9-7-24(8-10-25)39-15-17-40(18-16-39)31(42)45-32(2,3)4/h7-14,19-21,37H,6,15-18H2,1-5H3. The van der Waals surface area contributed by atoms with Crippen LogP contribution < -0.4 is 9.62 Å². The molecule has 0 aliphatic carbocycles. The number of carbonyl (C=O) groups is 1. The minimum atomic E-state index is -4.11. The molecule has 0 saturated carbocycles. The van der Waals surface area contributed by atoms with Crippen LogP contribution in [0.25, 0.3) is 28.1 Å². The second kappa shape index (κ2) is 13.0. The van der Waals surface area contributed by atoms with Crippen molar-refractivity contribution in [2.75, 3.05) is 49.4 Å². The highest BCUT2D eigenvalue weighted by Crippen LogP contribution is 2.37. The van der Waals surface area contributed by atoms with E-state index in [-0.39, 0.29) is 23.8 Å². The van der Waals surface area contributed by atoms with Gasteiger partial charge in [0.25, 0.3) is 0 Å². The molecule has 2 aromatic carbocycles. The molecule has 1 fully saturated rings. The van der Waals surface area contributed by atoms with Gasteiger partial charge in [-0.2, -0.15) is 17.8 Å². The fourth-order valence-corrected chi connectivity index (χ4v) is 5.88. The molecule has 5 rings (SSSR count). The van der Waals surface area contributed by atoms with Gasteiger partial charge in [-0.05, 0) is 63.2 Å². The third-order valence-corrected chi connectivity index (χ3v) is 9.06. The number of ether oxygens (including phenoxy) is 1. The van der Waals surface area contributed by atoms with Crippen LogP contribution in [0.2, 0.25) is 0 Å². The van der Waals surface area contributed by atoms with Crippen LogP contribution in [-0.4, -0.2) is 83.9 Å². The largest absolute Gasteiger partial charge is 0.444 e. The number of benzene rings is 2. The van der Waals surface area contributed by atoms with Gasteiger partial charge in [0.2, 0.25) is 0 Å². The van der Waals surface area contributed by atoms with Crippen LogP contribution in [-0.2, 0) is 14.9 Å². The van der Waals surface area contributed by atoms with E-state index in [0.717, 1.165) is 22.1 Å². The van der Waals surface area contributed by atoms with Crippen LogP contribution in [0.4, 0.5) is 25.0 Å². The molecule has 14 heteroatoms. The van der Waals surface area contributed by atoms with Gasteiger partial charge in [0.1, 0.15) is 17.1 Å². The van der Waals surface area contributed by atoms with E-state index in [1.165, 1.54) is 7.05 Å². The lowest BCUT2D eigenvalue weighted by Crippen LogP contribution is -2.50. The minimum Gasteiger partial charge on any atom is -0.444 e. The molecule has 3 heterocycles. The molecule has 2 aromatic heterocycles. The summed E-state index contributed by atoms with van der Waals surface area (Å²) in [6.45, 7) is 9.62. The van der Waals surface area contributed by atoms with Crippen molar-refractivity contribution in [3.05, 3.63) is 78.8 Å². The van der Waals surface area contributed by atoms with E-state index in [1.807, 2.05) is 45.0 Å². The molecular formula is C32H37F2N7O4S. The van der Waals surface area contributed by atoms with Crippen LogP contribution >= 0.6 is 0 Å². The summed E-state index contributed by atoms with van der Waals surface area (Å²) in [4.78, 5) is 20.4. The SMILES string of the molecule is CCN(C)S(=O)(=O)Nc1cc(F)cc(-c2cn(-c3ccc(N4CCN(C(=O)OC(C)(C)C)CC4)cc3)nc2-c2ccncc2)c1F. The van der Waals surface area contributed by atoms with Crippen molar-refractivity contribution in [3.63, 3.8) is 0 Å². The number of aromatic nitrogens is 3. The molecule has 1 aliphatic heterocycles. The Bertz CT molecular complexity index is 1800. The molecule has 1 aliphatic rings. The molecule has 1 saturated heterocycles. The fourth-order valence-electron chi connectivity index (χ4n) is 4.96. The van der Waals surface area contributed by atoms with Crippen molar-refractivity contribution in [1.29, 1.82) is 0 Å². The molecule has 46 heavy (non-hydrogen) atoms. The van der Waals surface area contributed by atoms with Gasteiger partial charge in [-0.25, -0.2) is 18.3 Å². The van der Waals surface area contributed by atoms with Gasteiger partial charge in [-0.1, -0.05) is 6.92 Å². The first kappa shape index (κ1) is 32.8. The van der Waals surface area contributed by atoms with E-state index >= 15 is 4.39 Å². The molecule has 1 N–H and O–H groups in total. The number of amides is 1. The molecule has 0 unspecified atom stereocenters. The van der Waals surface area contributed by atoms with Crippen LogP contribution in [0.3, 0.4) is 0 Å². The van der Waals surface area contributed by atoms with Gasteiger partial charge in [0.15, 0.2) is 5.82 Å². The van der Waals surface area contributed by atoms with E-state index in [9.17, 15) is 17.6 Å². The summed E-state index contributed by atoms with van der Waals surface area (Å²) in [5.74, 6) is -1.76. The number of rotatable bonds is 8. The Balaban J connectivity index is 1.44. The van der Waals surface area contributed by atoms with E-state index in [2.05, 4.69) is 14.6 Å². The predicted octanol–water partition coefficient (Wildman–Crippen LogP) is 5.55. The van der Waals surface area contributed by atoms with Gasteiger partial charge in [-0.3, -0.25) is 9.71 Å². The second-order valence-electron chi connectivity index (χ2n) is 11.9. The Kier molecular flexibility index (Phi) is 9.31. The maximum atomic E-state index is 16.0. The smallest absolute Gasteiger partial charge is 0.410 e. The Morgan fingerprint density at radius 1 is 0.978 bits per heavy atom. The van der Waals surface area contributed by atoms with Gasteiger partial charge >= 0.3 is 16.3 Å². The highest BCUT2D eigenvalue weighted by Gasteiger charge is 2.27. The van der Waals surface area contributed by atoms with Crippen molar-refractivity contribution in [1.82, 2.24) is 24.0 Å². The van der Waals surface area contributed by atoms with Gasteiger partial charge in [-0.15, -0.1) is 0 Å². The van der Waals surface area contributed by atoms with E-state index in [0.29, 0.717) is 43.1 Å². The maximum Gasteiger partial charge on any atom is 0.410 e. The molecule has 4 aromatic rings. The zero-order chi connectivity index (χ0) is 33.2. The van der Waals surface area contributed by atoms with Crippen LogP contribution in [0.15, 0.2) is 67.1 Å². The molecule has 11 nitrogen and oxygen atoms in total. The summed E-state index contributed by atoms with van der Waals surface area (Å²) in [5, 5.41) is 4.73. The Labute approximate surface area is 267 Å². The number of nitrogens with zero attached hydrogens (tertiary/aromatic N) is 6. The Hall–Kier alpha value is -4.56. The first-order valence-electron chi connectivity index (χ1n) is 14.8. The number of anilines is 2. The summed E-state index contributed by atoms with van der Waals surface area (Å²) in [7, 11) is -2.78. The molecule has 0 radical (unpaired) electrons. The molecule has 0 atom stereocenters. The third kappa shape index (κ3) is 7.29. The summed E-state index contributed by atoms with van der Waals surface area (Å²) in [6.07, 6.45) is 4.39. The van der Waals surface area contributed by atoms with Crippen molar-refractivity contribution in [2.45, 2.75) is 33.3 Å². The van der Waals surface area contributed by atoms with Crippen molar-refractivity contribution >= 4 is 27.7 Å². The summed E-state index contributed by atoms with van der Waals surface area (Å²) < 4.78 is 66.3. The quantitative estimate of drug-likeness (QED) is 0.266. The number of carbonyl (C=O) groups excluding carboxylic acids is 1. The summed E-state index contributed by atoms with van der Waals surface area (Å²) >= 11 is 0. The number of nitrogens with one attached hydrogen (secondary N) is 1. The van der Waals surface area contributed by atoms with Gasteiger partial charge < -0.3 is 14.5 Å². The first-order chi connectivity index (χ1) is 21.8. The topological polar surface area (TPSA) is 113 Å². The monoisotopic (exact) mass is 653 g/mol. The van der Waals surface area contributed by atoms with Crippen molar-refractivity contribution in [3.8, 4) is 28.1 Å².